The Morgan fingerprint density at radius 2 is 0.917 bits per heavy atom. The van der Waals surface area contributed by atoms with E-state index >= 15 is 0 Å². The van der Waals surface area contributed by atoms with Crippen LogP contribution in [0.25, 0.3) is 0 Å². The van der Waals surface area contributed by atoms with Gasteiger partial charge in [0.2, 0.25) is 0 Å². The van der Waals surface area contributed by atoms with E-state index in [1.807, 2.05) is 19.9 Å². The molecule has 1 N–H and O–H groups in total. The van der Waals surface area contributed by atoms with Crippen molar-refractivity contribution in [2.75, 3.05) is 19.8 Å². The molecule has 0 radical (unpaired) electrons. The normalized spacial score (nSPS) is 7.94. The minimum atomic E-state index is -0.895. The molecule has 382 valence electrons. The van der Waals surface area contributed by atoms with Gasteiger partial charge < -0.3 is 19.3 Å². The van der Waals surface area contributed by atoms with E-state index in [0.717, 1.165) is 0 Å². The van der Waals surface area contributed by atoms with Gasteiger partial charge in [0.25, 0.3) is 0 Å². The van der Waals surface area contributed by atoms with Crippen molar-refractivity contribution in [3.8, 4) is 17.2 Å². The maximum absolute atomic E-state index is 13.4. The Morgan fingerprint density at radius 3 is 1.27 bits per heavy atom. The van der Waals surface area contributed by atoms with Gasteiger partial charge in [0.1, 0.15) is 17.2 Å². The Hall–Kier alpha value is -17.0. The summed E-state index contributed by atoms with van der Waals surface area (Å²) in [6.45, 7) is 13.9. The standard InChI is InChI=1S/C28H38O6.14No/c1-18(2)15-32-24-12-23(13-25(14-24)33-16-19(3)4)28(31)22-7-9-26(34-17-20(5)6)21(11-22)8-10-27(29)30;;;;;;;;;;;;;;/h7,9,11-14,18-20H,8,10,15-17H2,1-6H3,(H,29,30);;;;;;;;;;;;;;. The van der Waals surface area contributed by atoms with Crippen LogP contribution in [0.2, 0.25) is 0 Å². The van der Waals surface area contributed by atoms with Crippen LogP contribution in [0.5, 0.6) is 17.2 Å². The van der Waals surface area contributed by atoms with Gasteiger partial charge in [-0.25, -0.2) is 0 Å². The van der Waals surface area contributed by atoms with E-state index in [4.69, 9.17) is 19.3 Å². The Bertz CT molecular complexity index is 973. The second kappa shape index (κ2) is 28.0. The topological polar surface area (TPSA) is 82.1 Å². The van der Waals surface area contributed by atoms with Crippen molar-refractivity contribution in [1.82, 2.24) is 0 Å². The smallest absolute Gasteiger partial charge is 0.303 e. The number of hydrogen-bond acceptors (Lipinski definition) is 5. The Kier molecular flexibility index (Phi) is 50.3. The number of rotatable bonds is 14. The molecule has 0 aromatic heterocycles. The van der Waals surface area contributed by atoms with E-state index in [1.165, 1.54) is 0 Å². The van der Waals surface area contributed by atoms with Crippen molar-refractivity contribution < 1.29 is 28.9 Å². The zero-order chi connectivity index (χ0) is 25.3. The molecule has 2 rings (SSSR count). The van der Waals surface area contributed by atoms with Gasteiger partial charge in [-0.2, -0.15) is 0 Å². The molecule has 0 unspecified atom stereocenters. The average Bonchev–Trinajstić information content (AvgIpc) is 2.78. The second-order valence-corrected chi connectivity index (χ2v) is 9.85. The largest absolute Gasteiger partial charge is 0.493 e. The fourth-order valence-electron chi connectivity index (χ4n) is 3.12. The van der Waals surface area contributed by atoms with Crippen molar-refractivity contribution in [2.24, 2.45) is 17.8 Å². The molecular weight excluding hydrogens is 4060 g/mol. The van der Waals surface area contributed by atoms with Gasteiger partial charge in [0.15, 0.2) is 5.78 Å². The molecule has 0 saturated heterocycles. The van der Waals surface area contributed by atoms with Crippen molar-refractivity contribution in [3.05, 3.63) is 53.1 Å². The van der Waals surface area contributed by atoms with Crippen LogP contribution in [0, 0.1) is 17.8 Å². The first-order valence-electron chi connectivity index (χ1n) is 12.0. The van der Waals surface area contributed by atoms with Gasteiger partial charge in [0.05, 0.1) is 19.8 Å². The first kappa shape index (κ1) is 86.1. The predicted octanol–water partition coefficient (Wildman–Crippen LogP) is 6.04. The molecule has 0 fully saturated rings. The van der Waals surface area contributed by atoms with Gasteiger partial charge in [-0.3, -0.25) is 9.59 Å². The molecule has 0 bridgehead atoms. The van der Waals surface area contributed by atoms with Crippen LogP contribution < -0.4 is 14.2 Å². The number of ether oxygens (including phenoxy) is 3. The third-order valence-electron chi connectivity index (χ3n) is 4.81. The summed E-state index contributed by atoms with van der Waals surface area (Å²) in [6, 6.07) is 10.5. The van der Waals surface area contributed by atoms with E-state index in [2.05, 4.69) is 27.7 Å². The van der Waals surface area contributed by atoms with Crippen LogP contribution in [0.3, 0.4) is 0 Å². The van der Waals surface area contributed by atoms with Crippen LogP contribution in [-0.4, -0.2) is 36.7 Å². The molecule has 0 aliphatic heterocycles. The first-order chi connectivity index (χ1) is 16.0. The van der Waals surface area contributed by atoms with E-state index in [-0.39, 0.29) is 18.6 Å². The zero-order valence-electron chi connectivity index (χ0n) is 25.0. The van der Waals surface area contributed by atoms with E-state index < -0.39 is 5.97 Å². The molecule has 0 heterocycles. The number of carbonyl (C=O) groups excluding carboxylic acids is 1. The number of aliphatic carboxylic acids is 1. The second-order valence-electron chi connectivity index (χ2n) is 9.85. The summed E-state index contributed by atoms with van der Waals surface area (Å²) in [5, 5.41) is 9.14. The van der Waals surface area contributed by atoms with Crippen LogP contribution >= 0.6 is 0 Å². The van der Waals surface area contributed by atoms with Crippen molar-refractivity contribution >= 4 is 11.8 Å². The molecule has 0 saturated carbocycles. The third-order valence-corrected chi connectivity index (χ3v) is 4.81. The number of hydrogen-bond donors (Lipinski definition) is 1. The van der Waals surface area contributed by atoms with Crippen LogP contribution in [0.1, 0.15) is 69.4 Å². The average molecular weight is 4100 g/mol. The number of carboxylic acids is 1. The molecule has 48 heavy (non-hydrogen) atoms. The fraction of sp³-hybridized carbons (Fsp3) is 0.500. The Balaban J connectivity index is -0.0000000795. The van der Waals surface area contributed by atoms with Crippen LogP contribution in [0.15, 0.2) is 36.4 Å². The summed E-state index contributed by atoms with van der Waals surface area (Å²) in [5.41, 5.74) is 1.63. The van der Waals surface area contributed by atoms with Crippen LogP contribution in [0.4, 0.5) is 0 Å². The first-order valence-corrected chi connectivity index (χ1v) is 12.0. The maximum atomic E-state index is 13.4. The molecule has 20 heteroatoms. The zero-order valence-corrected chi connectivity index (χ0v) is 56.1. The summed E-state index contributed by atoms with van der Waals surface area (Å²) in [5.74, 6) is 1.71. The monoisotopic (exact) mass is 4100 g/mol. The summed E-state index contributed by atoms with van der Waals surface area (Å²) in [4.78, 5) is 24.6. The summed E-state index contributed by atoms with van der Waals surface area (Å²) >= 11 is 0. The van der Waals surface area contributed by atoms with Crippen LogP contribution in [-0.2, 0) is 11.2 Å². The Morgan fingerprint density at radius 1 is 0.542 bits per heavy atom. The van der Waals surface area contributed by atoms with Crippen molar-refractivity contribution in [2.45, 2.75) is 54.4 Å². The van der Waals surface area contributed by atoms with Gasteiger partial charge in [-0.05, 0) is 60.1 Å². The maximum Gasteiger partial charge on any atom is 0.303 e. The third kappa shape index (κ3) is 17.5. The van der Waals surface area contributed by atoms with E-state index in [1.54, 1.807) is 30.3 Å². The molecule has 0 amide bonds. The molecule has 2 aromatic rings. The SMILES string of the molecule is CC(C)COc1cc(OCC(C)C)cc(C(=O)c2ccc(OCC(C)C)c(CCC(=O)O)c2)c1.[No].[No].[No].[No].[No].[No].[No].[No].[No].[No].[No].[No].[No].[No]. The number of ketones is 1. The van der Waals surface area contributed by atoms with E-state index in [0.29, 0.717) is 71.5 Å². The number of benzene rings is 2. The minimum Gasteiger partial charge on any atom is -0.493 e. The molecule has 0 spiro atoms. The summed E-state index contributed by atoms with van der Waals surface area (Å²) < 4.78 is 17.6. The van der Waals surface area contributed by atoms with Gasteiger partial charge in [-0.15, -0.1) is 0 Å². The van der Waals surface area contributed by atoms with Crippen molar-refractivity contribution in [3.63, 3.8) is 0 Å². The molecular formula is C28H38No14O6. The predicted molar refractivity (Wildman–Crippen MR) is 133 cm³/mol. The van der Waals surface area contributed by atoms with Crippen molar-refractivity contribution in [1.29, 1.82) is 0 Å². The number of aryl methyl sites for hydroxylation is 1. The quantitative estimate of drug-likeness (QED) is 0.233. The molecule has 0 aliphatic carbocycles. The van der Waals surface area contributed by atoms with Gasteiger partial charge >= 0.3 is 5.97 Å². The van der Waals surface area contributed by atoms with E-state index in [9.17, 15) is 9.59 Å². The number of carbonyl (C=O) groups is 2. The van der Waals surface area contributed by atoms with Gasteiger partial charge in [-0.1, -0.05) is 41.5 Å². The summed E-state index contributed by atoms with van der Waals surface area (Å²) in [7, 11) is 0. The molecule has 0 aliphatic rings. The van der Waals surface area contributed by atoms with Gasteiger partial charge in [0, 0.05) is 23.6 Å². The molecule has 2 aromatic carbocycles. The number of carboxylic acid groups (broad SMARTS) is 1. The molecule has 0 atom stereocenters. The summed E-state index contributed by atoms with van der Waals surface area (Å²) in [6.07, 6.45) is 0.242. The Labute approximate surface area is 203 Å². The minimum absolute atomic E-state index is 0. The molecule has 6 nitrogen and oxygen atoms in total. The fourth-order valence-corrected chi connectivity index (χ4v) is 3.12.